The van der Waals surface area contributed by atoms with E-state index in [0.717, 1.165) is 0 Å². The first-order chi connectivity index (χ1) is 11.8. The number of rotatable bonds is 3. The van der Waals surface area contributed by atoms with Crippen LogP contribution in [0.25, 0.3) is 0 Å². The Hall–Kier alpha value is -1.45. The van der Waals surface area contributed by atoms with Gasteiger partial charge >= 0.3 is 0 Å². The monoisotopic (exact) mass is 371 g/mol. The van der Waals surface area contributed by atoms with Crippen LogP contribution in [0, 0.1) is 13.8 Å². The first kappa shape index (κ1) is 18.3. The van der Waals surface area contributed by atoms with Crippen molar-refractivity contribution >= 4 is 15.9 Å². The number of carbonyl (C=O) groups is 1. The van der Waals surface area contributed by atoms with Gasteiger partial charge in [0.25, 0.3) is 0 Å². The third-order valence-corrected chi connectivity index (χ3v) is 7.32. The van der Waals surface area contributed by atoms with Gasteiger partial charge in [-0.15, -0.1) is 0 Å². The van der Waals surface area contributed by atoms with Crippen LogP contribution in [0.3, 0.4) is 0 Å². The highest BCUT2D eigenvalue weighted by atomic mass is 32.2. The van der Waals surface area contributed by atoms with E-state index in [1.807, 2.05) is 11.8 Å². The second-order valence-corrected chi connectivity index (χ2v) is 8.59. The van der Waals surface area contributed by atoms with Gasteiger partial charge in [-0.05, 0) is 33.6 Å². The van der Waals surface area contributed by atoms with Crippen LogP contribution in [0.4, 0.5) is 0 Å². The van der Waals surface area contributed by atoms with Crippen LogP contribution >= 0.6 is 0 Å². The molecule has 2 fully saturated rings. The van der Waals surface area contributed by atoms with E-state index in [2.05, 4.69) is 5.16 Å². The zero-order chi connectivity index (χ0) is 18.2. The van der Waals surface area contributed by atoms with E-state index >= 15 is 0 Å². The SMILES string of the molecule is CCN1C(=O)CCN(S(=O)(=O)c2c(C)noc2C)CC12CCOCC2. The van der Waals surface area contributed by atoms with Crippen LogP contribution in [0.1, 0.15) is 37.6 Å². The van der Waals surface area contributed by atoms with E-state index in [1.54, 1.807) is 13.8 Å². The highest BCUT2D eigenvalue weighted by Crippen LogP contribution is 2.34. The number of ether oxygens (including phenoxy) is 1. The molecule has 25 heavy (non-hydrogen) atoms. The number of aromatic nitrogens is 1. The molecule has 1 aromatic heterocycles. The third-order valence-electron chi connectivity index (χ3n) is 5.22. The predicted molar refractivity (Wildman–Crippen MR) is 89.5 cm³/mol. The fourth-order valence-corrected chi connectivity index (χ4v) is 5.79. The van der Waals surface area contributed by atoms with Crippen LogP contribution in [-0.2, 0) is 19.6 Å². The molecule has 2 aliphatic heterocycles. The van der Waals surface area contributed by atoms with Crippen molar-refractivity contribution in [2.45, 2.75) is 50.5 Å². The molecule has 0 saturated carbocycles. The number of aryl methyl sites for hydroxylation is 2. The average molecular weight is 371 g/mol. The maximum absolute atomic E-state index is 13.2. The van der Waals surface area contributed by atoms with Gasteiger partial charge < -0.3 is 14.2 Å². The molecular formula is C16H25N3O5S. The molecule has 9 heteroatoms. The lowest BCUT2D eigenvalue weighted by atomic mass is 9.88. The average Bonchev–Trinajstić information content (AvgIpc) is 2.84. The lowest BCUT2D eigenvalue weighted by Gasteiger charge is -2.46. The van der Waals surface area contributed by atoms with E-state index in [0.29, 0.717) is 38.3 Å². The minimum atomic E-state index is -3.78. The Morgan fingerprint density at radius 3 is 2.48 bits per heavy atom. The zero-order valence-corrected chi connectivity index (χ0v) is 15.8. The summed E-state index contributed by atoms with van der Waals surface area (Å²) in [7, 11) is -3.78. The van der Waals surface area contributed by atoms with Crippen LogP contribution in [0.5, 0.6) is 0 Å². The van der Waals surface area contributed by atoms with Gasteiger partial charge in [0.15, 0.2) is 5.76 Å². The molecule has 1 amide bonds. The Kier molecular flexibility index (Phi) is 4.91. The second-order valence-electron chi connectivity index (χ2n) is 6.72. The van der Waals surface area contributed by atoms with Gasteiger partial charge in [-0.3, -0.25) is 4.79 Å². The molecule has 140 valence electrons. The summed E-state index contributed by atoms with van der Waals surface area (Å²) >= 11 is 0. The van der Waals surface area contributed by atoms with Gasteiger partial charge in [0.05, 0.1) is 5.54 Å². The maximum Gasteiger partial charge on any atom is 0.248 e. The summed E-state index contributed by atoms with van der Waals surface area (Å²) in [6, 6.07) is 0. The maximum atomic E-state index is 13.2. The molecule has 0 radical (unpaired) electrons. The molecule has 0 aromatic carbocycles. The predicted octanol–water partition coefficient (Wildman–Crippen LogP) is 1.08. The zero-order valence-electron chi connectivity index (χ0n) is 14.9. The van der Waals surface area contributed by atoms with E-state index < -0.39 is 15.6 Å². The standard InChI is InChI=1S/C16H25N3O5S/c1-4-19-14(20)5-8-18(11-16(19)6-9-23-10-7-16)25(21,22)15-12(2)17-24-13(15)3/h4-11H2,1-3H3. The molecule has 1 spiro atoms. The summed E-state index contributed by atoms with van der Waals surface area (Å²) < 4.78 is 38.4. The molecule has 0 atom stereocenters. The number of likely N-dealkylation sites (N-methyl/N-ethyl adjacent to an activating group) is 1. The quantitative estimate of drug-likeness (QED) is 0.789. The summed E-state index contributed by atoms with van der Waals surface area (Å²) in [5.41, 5.74) is -0.159. The van der Waals surface area contributed by atoms with E-state index in [9.17, 15) is 13.2 Å². The van der Waals surface area contributed by atoms with Gasteiger partial charge in [-0.25, -0.2) is 8.42 Å². The molecule has 2 aliphatic rings. The molecule has 0 unspecified atom stereocenters. The first-order valence-corrected chi connectivity index (χ1v) is 10.1. The molecule has 2 saturated heterocycles. The Bertz CT molecular complexity index is 732. The number of carbonyl (C=O) groups excluding carboxylic acids is 1. The molecule has 0 bridgehead atoms. The van der Waals surface area contributed by atoms with E-state index in [4.69, 9.17) is 9.26 Å². The number of sulfonamides is 1. The number of amides is 1. The highest BCUT2D eigenvalue weighted by molar-refractivity contribution is 7.89. The van der Waals surface area contributed by atoms with Gasteiger partial charge in [-0.1, -0.05) is 5.16 Å². The smallest absolute Gasteiger partial charge is 0.248 e. The molecular weight excluding hydrogens is 346 g/mol. The fraction of sp³-hybridized carbons (Fsp3) is 0.750. The summed E-state index contributed by atoms with van der Waals surface area (Å²) in [6.45, 7) is 7.23. The minimum absolute atomic E-state index is 0.000799. The number of hydrogen-bond donors (Lipinski definition) is 0. The van der Waals surface area contributed by atoms with Gasteiger partial charge in [0, 0.05) is 39.3 Å². The van der Waals surface area contributed by atoms with Crippen LogP contribution in [0.15, 0.2) is 9.42 Å². The number of nitrogens with zero attached hydrogens (tertiary/aromatic N) is 3. The molecule has 1 aromatic rings. The topological polar surface area (TPSA) is 93.0 Å². The fourth-order valence-electron chi connectivity index (χ4n) is 3.98. The summed E-state index contributed by atoms with van der Waals surface area (Å²) in [5.74, 6) is 0.280. The summed E-state index contributed by atoms with van der Waals surface area (Å²) in [5, 5.41) is 3.77. The molecule has 3 heterocycles. The van der Waals surface area contributed by atoms with Crippen molar-refractivity contribution in [3.05, 3.63) is 11.5 Å². The molecule has 0 aliphatic carbocycles. The van der Waals surface area contributed by atoms with E-state index in [-0.39, 0.29) is 36.1 Å². The largest absolute Gasteiger partial charge is 0.381 e. The summed E-state index contributed by atoms with van der Waals surface area (Å²) in [4.78, 5) is 14.6. The van der Waals surface area contributed by atoms with Crippen molar-refractivity contribution in [2.24, 2.45) is 0 Å². The van der Waals surface area contributed by atoms with Crippen LogP contribution in [-0.4, -0.2) is 67.1 Å². The van der Waals surface area contributed by atoms with Gasteiger partial charge in [-0.2, -0.15) is 4.31 Å². The highest BCUT2D eigenvalue weighted by Gasteiger charge is 2.47. The van der Waals surface area contributed by atoms with Crippen molar-refractivity contribution in [3.8, 4) is 0 Å². The lowest BCUT2D eigenvalue weighted by molar-refractivity contribution is -0.139. The van der Waals surface area contributed by atoms with Gasteiger partial charge in [0.1, 0.15) is 10.6 Å². The van der Waals surface area contributed by atoms with Crippen molar-refractivity contribution in [1.29, 1.82) is 0 Å². The van der Waals surface area contributed by atoms with Crippen molar-refractivity contribution in [1.82, 2.24) is 14.4 Å². The first-order valence-electron chi connectivity index (χ1n) is 8.63. The Balaban J connectivity index is 2.01. The third kappa shape index (κ3) is 3.09. The lowest BCUT2D eigenvalue weighted by Crippen LogP contribution is -2.58. The normalized spacial score (nSPS) is 22.4. The van der Waals surface area contributed by atoms with Crippen molar-refractivity contribution in [3.63, 3.8) is 0 Å². The van der Waals surface area contributed by atoms with Crippen molar-refractivity contribution in [2.75, 3.05) is 32.8 Å². The molecule has 3 rings (SSSR count). The Labute approximate surface area is 148 Å². The number of hydrogen-bond acceptors (Lipinski definition) is 6. The summed E-state index contributed by atoms with van der Waals surface area (Å²) in [6.07, 6.45) is 1.46. The van der Waals surface area contributed by atoms with Crippen LogP contribution in [0.2, 0.25) is 0 Å². The molecule has 8 nitrogen and oxygen atoms in total. The van der Waals surface area contributed by atoms with Gasteiger partial charge in [0.2, 0.25) is 15.9 Å². The molecule has 0 N–H and O–H groups in total. The minimum Gasteiger partial charge on any atom is -0.381 e. The Morgan fingerprint density at radius 2 is 1.92 bits per heavy atom. The van der Waals surface area contributed by atoms with Crippen LogP contribution < -0.4 is 0 Å². The Morgan fingerprint density at radius 1 is 1.24 bits per heavy atom. The van der Waals surface area contributed by atoms with Crippen molar-refractivity contribution < 1.29 is 22.5 Å². The van der Waals surface area contributed by atoms with E-state index in [1.165, 1.54) is 4.31 Å². The second kappa shape index (κ2) is 6.69.